The van der Waals surface area contributed by atoms with Crippen LogP contribution in [0.3, 0.4) is 0 Å². The van der Waals surface area contributed by atoms with Gasteiger partial charge in [0.1, 0.15) is 12.0 Å². The predicted molar refractivity (Wildman–Crippen MR) is 117 cm³/mol. The molecular formula is C23H17F3N2O3S. The first-order valence-corrected chi connectivity index (χ1v) is 10.3. The van der Waals surface area contributed by atoms with Crippen molar-refractivity contribution in [3.63, 3.8) is 0 Å². The van der Waals surface area contributed by atoms with Crippen molar-refractivity contribution in [1.82, 2.24) is 9.63 Å². The minimum absolute atomic E-state index is 0.0499. The molecule has 0 radical (unpaired) electrons. The third-order valence-corrected chi connectivity index (χ3v) is 5.56. The molecule has 0 aliphatic heterocycles. The number of benzene rings is 3. The van der Waals surface area contributed by atoms with Gasteiger partial charge in [-0.15, -0.1) is 5.06 Å². The van der Waals surface area contributed by atoms with Crippen molar-refractivity contribution in [1.29, 1.82) is 0 Å². The first kappa shape index (κ1) is 21.9. The molecule has 0 saturated heterocycles. The topological polar surface area (TPSA) is 51.5 Å². The van der Waals surface area contributed by atoms with Crippen LogP contribution in [0.25, 0.3) is 27.4 Å². The van der Waals surface area contributed by atoms with Crippen molar-refractivity contribution in [2.75, 3.05) is 0 Å². The Morgan fingerprint density at radius 2 is 1.78 bits per heavy atom. The standard InChI is InChI=1S/C23H17F3N2O3S/c1-14-9-10-19(27-12-11-16-6-3-5-15(2)21(16)27)17-7-4-8-18(20(14)17)22(30)28(13-29)31-32-23(24,25)26/h3-13H,1-2H3. The number of carbonyl (C=O) groups is 2. The molecule has 0 unspecified atom stereocenters. The Hall–Kier alpha value is -3.30. The first-order valence-electron chi connectivity index (χ1n) is 9.52. The van der Waals surface area contributed by atoms with Crippen molar-refractivity contribution in [2.24, 2.45) is 0 Å². The van der Waals surface area contributed by atoms with Gasteiger partial charge < -0.3 is 4.57 Å². The Kier molecular flexibility index (Phi) is 5.70. The number of aryl methyl sites for hydroxylation is 2. The van der Waals surface area contributed by atoms with Gasteiger partial charge in [-0.05, 0) is 48.6 Å². The lowest BCUT2D eigenvalue weighted by atomic mass is 9.97. The SMILES string of the molecule is Cc1ccc(-n2ccc3cccc(C)c32)c2cccc(C(=O)N(C=O)OSC(F)(F)F)c12. The fourth-order valence-corrected chi connectivity index (χ4v) is 4.10. The molecule has 1 heterocycles. The second-order valence-corrected chi connectivity index (χ2v) is 7.95. The minimum atomic E-state index is -4.77. The normalized spacial score (nSPS) is 11.8. The monoisotopic (exact) mass is 458 g/mol. The molecule has 0 bridgehead atoms. The van der Waals surface area contributed by atoms with Crippen molar-refractivity contribution < 1.29 is 27.0 Å². The third kappa shape index (κ3) is 3.96. The van der Waals surface area contributed by atoms with Crippen LogP contribution in [0.4, 0.5) is 13.2 Å². The molecule has 9 heteroatoms. The number of rotatable bonds is 5. The lowest BCUT2D eigenvalue weighted by molar-refractivity contribution is -0.133. The van der Waals surface area contributed by atoms with Crippen LogP contribution >= 0.6 is 12.0 Å². The third-order valence-electron chi connectivity index (χ3n) is 5.14. The lowest BCUT2D eigenvalue weighted by Crippen LogP contribution is -2.29. The van der Waals surface area contributed by atoms with E-state index in [-0.39, 0.29) is 17.0 Å². The van der Waals surface area contributed by atoms with Crippen molar-refractivity contribution in [3.8, 4) is 5.69 Å². The molecular weight excluding hydrogens is 441 g/mol. The summed E-state index contributed by atoms with van der Waals surface area (Å²) in [5, 5.41) is 2.34. The number of hydroxylamine groups is 2. The molecule has 2 amide bonds. The predicted octanol–water partition coefficient (Wildman–Crippen LogP) is 6.10. The Morgan fingerprint density at radius 3 is 2.50 bits per heavy atom. The minimum Gasteiger partial charge on any atom is -0.316 e. The molecule has 0 N–H and O–H groups in total. The van der Waals surface area contributed by atoms with Gasteiger partial charge in [0.15, 0.2) is 0 Å². The van der Waals surface area contributed by atoms with Crippen LogP contribution in [0.1, 0.15) is 21.5 Å². The van der Waals surface area contributed by atoms with Gasteiger partial charge in [-0.25, -0.2) is 0 Å². The Morgan fingerprint density at radius 1 is 1.03 bits per heavy atom. The maximum atomic E-state index is 12.9. The van der Waals surface area contributed by atoms with Crippen LogP contribution in [-0.2, 0) is 9.08 Å². The van der Waals surface area contributed by atoms with Gasteiger partial charge in [0.05, 0.1) is 16.8 Å². The van der Waals surface area contributed by atoms with E-state index in [4.69, 9.17) is 0 Å². The summed E-state index contributed by atoms with van der Waals surface area (Å²) in [5.41, 5.74) is -1.10. The molecule has 164 valence electrons. The van der Waals surface area contributed by atoms with Crippen LogP contribution in [-0.4, -0.2) is 27.5 Å². The average Bonchev–Trinajstić information content (AvgIpc) is 3.18. The summed E-state index contributed by atoms with van der Waals surface area (Å²) in [6, 6.07) is 16.6. The molecule has 0 aliphatic rings. The van der Waals surface area contributed by atoms with Gasteiger partial charge >= 0.3 is 5.51 Å². The van der Waals surface area contributed by atoms with E-state index in [0.29, 0.717) is 10.8 Å². The smallest absolute Gasteiger partial charge is 0.316 e. The van der Waals surface area contributed by atoms with Crippen molar-refractivity contribution >= 4 is 46.0 Å². The van der Waals surface area contributed by atoms with Crippen LogP contribution in [0.5, 0.6) is 0 Å². The summed E-state index contributed by atoms with van der Waals surface area (Å²) in [6.07, 6.45) is 1.85. The van der Waals surface area contributed by atoms with Gasteiger partial charge in [-0.2, -0.15) is 17.5 Å². The van der Waals surface area contributed by atoms with Crippen LogP contribution in [0.15, 0.2) is 60.8 Å². The molecule has 4 rings (SSSR count). The Balaban J connectivity index is 1.87. The maximum Gasteiger partial charge on any atom is 0.470 e. The summed E-state index contributed by atoms with van der Waals surface area (Å²) >= 11 is -0.927. The largest absolute Gasteiger partial charge is 0.470 e. The summed E-state index contributed by atoms with van der Waals surface area (Å²) < 4.78 is 43.8. The second-order valence-electron chi connectivity index (χ2n) is 7.17. The zero-order chi connectivity index (χ0) is 23.0. The number of nitrogens with zero attached hydrogens (tertiary/aromatic N) is 2. The molecule has 0 atom stereocenters. The maximum absolute atomic E-state index is 12.9. The quantitative estimate of drug-likeness (QED) is 0.206. The lowest BCUT2D eigenvalue weighted by Gasteiger charge is -2.18. The van der Waals surface area contributed by atoms with E-state index in [1.807, 2.05) is 60.2 Å². The van der Waals surface area contributed by atoms with E-state index in [0.717, 1.165) is 27.7 Å². The van der Waals surface area contributed by atoms with E-state index in [9.17, 15) is 22.8 Å². The van der Waals surface area contributed by atoms with Crippen molar-refractivity contribution in [2.45, 2.75) is 19.4 Å². The number of halogens is 3. The zero-order valence-electron chi connectivity index (χ0n) is 17.0. The number of imide groups is 1. The number of alkyl halides is 3. The number of hydrogen-bond donors (Lipinski definition) is 0. The van der Waals surface area contributed by atoms with Crippen LogP contribution in [0.2, 0.25) is 0 Å². The summed E-state index contributed by atoms with van der Waals surface area (Å²) in [5.74, 6) is -0.990. The molecule has 0 aliphatic carbocycles. The molecule has 0 spiro atoms. The number of fused-ring (bicyclic) bond motifs is 2. The average molecular weight is 458 g/mol. The van der Waals surface area contributed by atoms with Crippen LogP contribution in [0, 0.1) is 13.8 Å². The number of aromatic nitrogens is 1. The van der Waals surface area contributed by atoms with E-state index < -0.39 is 23.5 Å². The Labute approximate surface area is 185 Å². The fourth-order valence-electron chi connectivity index (χ4n) is 3.83. The molecule has 5 nitrogen and oxygen atoms in total. The summed E-state index contributed by atoms with van der Waals surface area (Å²) in [6.45, 7) is 3.79. The van der Waals surface area contributed by atoms with E-state index >= 15 is 0 Å². The summed E-state index contributed by atoms with van der Waals surface area (Å²) in [4.78, 5) is 24.2. The van der Waals surface area contributed by atoms with Gasteiger partial charge in [0.25, 0.3) is 5.91 Å². The molecule has 0 fully saturated rings. The molecule has 1 aromatic heterocycles. The zero-order valence-corrected chi connectivity index (χ0v) is 17.8. The number of para-hydroxylation sites is 1. The molecule has 4 aromatic rings. The molecule has 0 saturated carbocycles. The van der Waals surface area contributed by atoms with Gasteiger partial charge in [-0.3, -0.25) is 9.59 Å². The molecule has 3 aromatic carbocycles. The highest BCUT2D eigenvalue weighted by Crippen LogP contribution is 2.34. The van der Waals surface area contributed by atoms with Crippen LogP contribution < -0.4 is 0 Å². The van der Waals surface area contributed by atoms with E-state index in [2.05, 4.69) is 4.28 Å². The van der Waals surface area contributed by atoms with Gasteiger partial charge in [0.2, 0.25) is 6.41 Å². The summed E-state index contributed by atoms with van der Waals surface area (Å²) in [7, 11) is 0. The highest BCUT2D eigenvalue weighted by atomic mass is 32.2. The van der Waals surface area contributed by atoms with Crippen molar-refractivity contribution in [3.05, 3.63) is 77.5 Å². The highest BCUT2D eigenvalue weighted by Gasteiger charge is 2.33. The first-order chi connectivity index (χ1) is 15.2. The molecule has 32 heavy (non-hydrogen) atoms. The number of carbonyl (C=O) groups excluding carboxylic acids is 2. The van der Waals surface area contributed by atoms with E-state index in [1.54, 1.807) is 13.0 Å². The highest BCUT2D eigenvalue weighted by molar-refractivity contribution is 7.95. The van der Waals surface area contributed by atoms with E-state index in [1.165, 1.54) is 6.07 Å². The van der Waals surface area contributed by atoms with Gasteiger partial charge in [-0.1, -0.05) is 36.4 Å². The number of hydrogen-bond acceptors (Lipinski definition) is 4. The second kappa shape index (κ2) is 8.33. The Bertz CT molecular complexity index is 1350. The fraction of sp³-hybridized carbons (Fsp3) is 0.130. The van der Waals surface area contributed by atoms with Gasteiger partial charge in [0, 0.05) is 17.0 Å². The number of amides is 2.